The zero-order valence-electron chi connectivity index (χ0n) is 12.3. The molecule has 0 saturated heterocycles. The molecule has 102 valence electrons. The third kappa shape index (κ3) is 4.43. The maximum atomic E-state index is 5.86. The van der Waals surface area contributed by atoms with Crippen molar-refractivity contribution in [3.05, 3.63) is 12.1 Å². The van der Waals surface area contributed by atoms with Gasteiger partial charge in [0.15, 0.2) is 0 Å². The molecule has 0 saturated carbocycles. The molecular weight excluding hydrogens is 226 g/mol. The quantitative estimate of drug-likeness (QED) is 0.894. The summed E-state index contributed by atoms with van der Waals surface area (Å²) in [4.78, 5) is 6.59. The van der Waals surface area contributed by atoms with Crippen LogP contribution in [0.1, 0.15) is 34.6 Å². The van der Waals surface area contributed by atoms with Gasteiger partial charge in [-0.15, -0.1) is 0 Å². The fraction of sp³-hybridized carbons (Fsp3) is 0.643. The average Bonchev–Trinajstić information content (AvgIpc) is 2.17. The predicted octanol–water partition coefficient (Wildman–Crippen LogP) is 2.93. The van der Waals surface area contributed by atoms with E-state index in [1.807, 2.05) is 33.0 Å². The summed E-state index contributed by atoms with van der Waals surface area (Å²) in [6.07, 6.45) is 0.0722. The van der Waals surface area contributed by atoms with Gasteiger partial charge >= 0.3 is 0 Å². The Labute approximate surface area is 110 Å². The molecule has 0 amide bonds. The lowest BCUT2D eigenvalue weighted by Gasteiger charge is -2.27. The lowest BCUT2D eigenvalue weighted by atomic mass is 9.96. The van der Waals surface area contributed by atoms with Crippen LogP contribution < -0.4 is 15.4 Å². The lowest BCUT2D eigenvalue weighted by Crippen LogP contribution is -2.29. The molecule has 1 rings (SSSR count). The maximum Gasteiger partial charge on any atom is 0.239 e. The van der Waals surface area contributed by atoms with Crippen LogP contribution >= 0.6 is 0 Å². The summed E-state index contributed by atoms with van der Waals surface area (Å²) in [5.41, 5.74) is 6.66. The number of ether oxygens (including phenoxy) is 1. The van der Waals surface area contributed by atoms with Crippen molar-refractivity contribution in [3.8, 4) is 5.88 Å². The SMILES string of the molecule is CC(C)Oc1nc(N(C)CC(C)(C)C)ccc1N. The summed E-state index contributed by atoms with van der Waals surface area (Å²) in [7, 11) is 2.03. The number of hydrogen-bond donors (Lipinski definition) is 1. The second kappa shape index (κ2) is 5.46. The molecule has 0 spiro atoms. The number of aromatic nitrogens is 1. The molecule has 0 aromatic carbocycles. The Bertz CT molecular complexity index is 397. The highest BCUT2D eigenvalue weighted by Gasteiger charge is 2.16. The Hall–Kier alpha value is -1.45. The van der Waals surface area contributed by atoms with Gasteiger partial charge in [-0.25, -0.2) is 0 Å². The fourth-order valence-electron chi connectivity index (χ4n) is 1.76. The normalized spacial score (nSPS) is 11.7. The van der Waals surface area contributed by atoms with Gasteiger partial charge in [-0.1, -0.05) is 20.8 Å². The first-order chi connectivity index (χ1) is 8.19. The Morgan fingerprint density at radius 2 is 1.94 bits per heavy atom. The number of pyridine rings is 1. The monoisotopic (exact) mass is 251 g/mol. The Kier molecular flexibility index (Phi) is 4.43. The number of rotatable bonds is 4. The Morgan fingerprint density at radius 3 is 2.44 bits per heavy atom. The van der Waals surface area contributed by atoms with Gasteiger partial charge in [0.2, 0.25) is 5.88 Å². The summed E-state index contributed by atoms with van der Waals surface area (Å²) >= 11 is 0. The molecule has 1 aromatic heterocycles. The van der Waals surface area contributed by atoms with Crippen molar-refractivity contribution >= 4 is 11.5 Å². The van der Waals surface area contributed by atoms with Gasteiger partial charge in [-0.3, -0.25) is 0 Å². The van der Waals surface area contributed by atoms with Crippen molar-refractivity contribution in [2.24, 2.45) is 5.41 Å². The van der Waals surface area contributed by atoms with E-state index < -0.39 is 0 Å². The van der Waals surface area contributed by atoms with E-state index in [1.165, 1.54) is 0 Å². The van der Waals surface area contributed by atoms with Crippen LogP contribution in [0.25, 0.3) is 0 Å². The van der Waals surface area contributed by atoms with Crippen LogP contribution in [0, 0.1) is 5.41 Å². The van der Waals surface area contributed by atoms with Crippen LogP contribution in [0.3, 0.4) is 0 Å². The molecule has 2 N–H and O–H groups in total. The van der Waals surface area contributed by atoms with Gasteiger partial charge in [0.1, 0.15) is 5.82 Å². The number of nitrogens with zero attached hydrogens (tertiary/aromatic N) is 2. The molecular formula is C14H25N3O. The van der Waals surface area contributed by atoms with Crippen molar-refractivity contribution in [2.75, 3.05) is 24.2 Å². The second-order valence-corrected chi connectivity index (χ2v) is 6.15. The van der Waals surface area contributed by atoms with Crippen molar-refractivity contribution in [2.45, 2.75) is 40.7 Å². The van der Waals surface area contributed by atoms with Crippen molar-refractivity contribution in [1.29, 1.82) is 0 Å². The van der Waals surface area contributed by atoms with E-state index in [2.05, 4.69) is 30.7 Å². The van der Waals surface area contributed by atoms with E-state index in [4.69, 9.17) is 10.5 Å². The highest BCUT2D eigenvalue weighted by molar-refractivity contribution is 5.54. The molecule has 0 radical (unpaired) electrons. The number of nitrogens with two attached hydrogens (primary N) is 1. The average molecular weight is 251 g/mol. The molecule has 0 aliphatic heterocycles. The van der Waals surface area contributed by atoms with Gasteiger partial charge < -0.3 is 15.4 Å². The van der Waals surface area contributed by atoms with Crippen molar-refractivity contribution in [3.63, 3.8) is 0 Å². The molecule has 0 aliphatic rings. The second-order valence-electron chi connectivity index (χ2n) is 6.15. The van der Waals surface area contributed by atoms with Gasteiger partial charge in [0.05, 0.1) is 11.8 Å². The predicted molar refractivity (Wildman–Crippen MR) is 77.1 cm³/mol. The number of anilines is 2. The first kappa shape index (κ1) is 14.6. The molecule has 4 nitrogen and oxygen atoms in total. The smallest absolute Gasteiger partial charge is 0.239 e. The standard InChI is InChI=1S/C14H25N3O/c1-10(2)18-13-11(15)7-8-12(16-13)17(6)9-14(3,4)5/h7-8,10H,9,15H2,1-6H3. The van der Waals surface area contributed by atoms with Gasteiger partial charge in [-0.2, -0.15) is 4.98 Å². The molecule has 1 heterocycles. The molecule has 0 unspecified atom stereocenters. The van der Waals surface area contributed by atoms with E-state index in [-0.39, 0.29) is 11.5 Å². The summed E-state index contributed by atoms with van der Waals surface area (Å²) in [5.74, 6) is 1.40. The van der Waals surface area contributed by atoms with Crippen LogP contribution in [-0.2, 0) is 0 Å². The van der Waals surface area contributed by atoms with Gasteiger partial charge in [0.25, 0.3) is 0 Å². The van der Waals surface area contributed by atoms with E-state index in [1.54, 1.807) is 0 Å². The largest absolute Gasteiger partial charge is 0.473 e. The zero-order valence-corrected chi connectivity index (χ0v) is 12.3. The minimum Gasteiger partial charge on any atom is -0.473 e. The minimum absolute atomic E-state index is 0.0722. The van der Waals surface area contributed by atoms with Crippen LogP contribution in [0.5, 0.6) is 5.88 Å². The lowest BCUT2D eigenvalue weighted by molar-refractivity contribution is 0.234. The van der Waals surface area contributed by atoms with E-state index >= 15 is 0 Å². The van der Waals surface area contributed by atoms with E-state index in [0.29, 0.717) is 11.6 Å². The molecule has 4 heteroatoms. The highest BCUT2D eigenvalue weighted by Crippen LogP contribution is 2.25. The van der Waals surface area contributed by atoms with Gasteiger partial charge in [-0.05, 0) is 31.4 Å². The van der Waals surface area contributed by atoms with E-state index in [9.17, 15) is 0 Å². The highest BCUT2D eigenvalue weighted by atomic mass is 16.5. The zero-order chi connectivity index (χ0) is 13.9. The first-order valence-electron chi connectivity index (χ1n) is 6.33. The van der Waals surface area contributed by atoms with Crippen LogP contribution in [0.2, 0.25) is 0 Å². The molecule has 0 fully saturated rings. The fourth-order valence-corrected chi connectivity index (χ4v) is 1.76. The summed E-state index contributed by atoms with van der Waals surface area (Å²) < 4.78 is 5.60. The molecule has 18 heavy (non-hydrogen) atoms. The van der Waals surface area contributed by atoms with Crippen molar-refractivity contribution in [1.82, 2.24) is 4.98 Å². The molecule has 0 aliphatic carbocycles. The number of hydrogen-bond acceptors (Lipinski definition) is 4. The van der Waals surface area contributed by atoms with Crippen LogP contribution in [0.4, 0.5) is 11.5 Å². The van der Waals surface area contributed by atoms with Crippen LogP contribution in [-0.4, -0.2) is 24.7 Å². The molecule has 0 bridgehead atoms. The summed E-state index contributed by atoms with van der Waals surface area (Å²) in [5, 5.41) is 0. The summed E-state index contributed by atoms with van der Waals surface area (Å²) in [6, 6.07) is 3.77. The third-order valence-electron chi connectivity index (χ3n) is 2.32. The Morgan fingerprint density at radius 1 is 1.33 bits per heavy atom. The van der Waals surface area contributed by atoms with Crippen molar-refractivity contribution < 1.29 is 4.74 Å². The molecule has 1 aromatic rings. The summed E-state index contributed by atoms with van der Waals surface area (Å²) in [6.45, 7) is 11.5. The Balaban J connectivity index is 2.90. The maximum absolute atomic E-state index is 5.86. The van der Waals surface area contributed by atoms with Crippen LogP contribution in [0.15, 0.2) is 12.1 Å². The third-order valence-corrected chi connectivity index (χ3v) is 2.32. The minimum atomic E-state index is 0.0722. The van der Waals surface area contributed by atoms with E-state index in [0.717, 1.165) is 12.4 Å². The van der Waals surface area contributed by atoms with Gasteiger partial charge in [0, 0.05) is 13.6 Å². The number of nitrogen functional groups attached to an aromatic ring is 1. The molecule has 0 atom stereocenters. The first-order valence-corrected chi connectivity index (χ1v) is 6.33. The topological polar surface area (TPSA) is 51.4 Å².